The summed E-state index contributed by atoms with van der Waals surface area (Å²) in [5, 5.41) is 28.9. The first-order valence-corrected chi connectivity index (χ1v) is 6.19. The molecule has 0 aliphatic carbocycles. The van der Waals surface area contributed by atoms with Crippen LogP contribution in [0.15, 0.2) is 0 Å². The lowest BCUT2D eigenvalue weighted by Crippen LogP contribution is -2.52. The van der Waals surface area contributed by atoms with Gasteiger partial charge in [-0.3, -0.25) is 9.59 Å². The fraction of sp³-hybridized carbons (Fsp3) is 0.636. The predicted octanol–water partition coefficient (Wildman–Crippen LogP) is -1.50. The topological polar surface area (TPSA) is 170 Å². The molecule has 1 aliphatic rings. The molecule has 0 aromatic rings. The van der Waals surface area contributed by atoms with Gasteiger partial charge in [-0.05, 0) is 6.42 Å². The van der Waals surface area contributed by atoms with Crippen LogP contribution in [0.3, 0.4) is 0 Å². The summed E-state index contributed by atoms with van der Waals surface area (Å²) in [6.45, 7) is -0.386. The van der Waals surface area contributed by atoms with Crippen molar-refractivity contribution in [2.45, 2.75) is 30.8 Å². The van der Waals surface area contributed by atoms with Crippen molar-refractivity contribution in [3.05, 3.63) is 0 Å². The van der Waals surface area contributed by atoms with Gasteiger partial charge in [0, 0.05) is 19.4 Å². The Hall–Kier alpha value is -2.36. The molecule has 1 rings (SSSR count). The van der Waals surface area contributed by atoms with Crippen molar-refractivity contribution in [2.24, 2.45) is 5.73 Å². The van der Waals surface area contributed by atoms with Crippen molar-refractivity contribution in [3.8, 4) is 0 Å². The number of aliphatic carboxylic acids is 3. The maximum atomic E-state index is 11.9. The monoisotopic (exact) mass is 303 g/mol. The molecule has 0 unspecified atom stereocenters. The molecule has 0 aromatic carbocycles. The van der Waals surface area contributed by atoms with Gasteiger partial charge < -0.3 is 31.3 Å². The van der Waals surface area contributed by atoms with Crippen LogP contribution in [0.25, 0.3) is 0 Å². The molecule has 1 heterocycles. The van der Waals surface area contributed by atoms with Crippen LogP contribution in [0, 0.1) is 0 Å². The fourth-order valence-electron chi connectivity index (χ4n) is 2.06. The van der Waals surface area contributed by atoms with E-state index in [1.54, 1.807) is 0 Å². The summed E-state index contributed by atoms with van der Waals surface area (Å²) >= 11 is 0. The van der Waals surface area contributed by atoms with E-state index in [1.165, 1.54) is 0 Å². The average molecular weight is 303 g/mol. The van der Waals surface area contributed by atoms with Crippen LogP contribution in [-0.2, 0) is 14.4 Å². The SMILES string of the molecule is N[C@@]1(C(=O)O)C[C@H](C(=O)O)N(C(=O)NCCCC(=O)O)C1. The van der Waals surface area contributed by atoms with Gasteiger partial charge >= 0.3 is 23.9 Å². The van der Waals surface area contributed by atoms with Crippen molar-refractivity contribution in [1.29, 1.82) is 0 Å². The Labute approximate surface area is 119 Å². The number of hydrogen-bond donors (Lipinski definition) is 5. The normalized spacial score (nSPS) is 24.6. The van der Waals surface area contributed by atoms with E-state index in [-0.39, 0.29) is 25.8 Å². The number of hydrogen-bond acceptors (Lipinski definition) is 5. The highest BCUT2D eigenvalue weighted by molar-refractivity contribution is 5.88. The molecule has 10 heteroatoms. The smallest absolute Gasteiger partial charge is 0.326 e. The minimum absolute atomic E-state index is 0.0403. The molecule has 0 spiro atoms. The summed E-state index contributed by atoms with van der Waals surface area (Å²) < 4.78 is 0. The van der Waals surface area contributed by atoms with E-state index in [2.05, 4.69) is 5.32 Å². The second-order valence-corrected chi connectivity index (χ2v) is 4.88. The van der Waals surface area contributed by atoms with Crippen LogP contribution in [0.2, 0.25) is 0 Å². The third-order valence-corrected chi connectivity index (χ3v) is 3.20. The first-order chi connectivity index (χ1) is 9.67. The van der Waals surface area contributed by atoms with Gasteiger partial charge in [-0.15, -0.1) is 0 Å². The highest BCUT2D eigenvalue weighted by atomic mass is 16.4. The van der Waals surface area contributed by atoms with Crippen LogP contribution in [0.4, 0.5) is 4.79 Å². The van der Waals surface area contributed by atoms with E-state index < -0.39 is 42.1 Å². The van der Waals surface area contributed by atoms with Gasteiger partial charge in [-0.25, -0.2) is 9.59 Å². The van der Waals surface area contributed by atoms with Gasteiger partial charge in [0.1, 0.15) is 11.6 Å². The lowest BCUT2D eigenvalue weighted by molar-refractivity contribution is -0.143. The molecule has 1 fully saturated rings. The summed E-state index contributed by atoms with van der Waals surface area (Å²) in [5.74, 6) is -3.74. The van der Waals surface area contributed by atoms with Crippen LogP contribution >= 0.6 is 0 Å². The van der Waals surface area contributed by atoms with Crippen LogP contribution < -0.4 is 11.1 Å². The summed E-state index contributed by atoms with van der Waals surface area (Å²) in [4.78, 5) is 45.2. The van der Waals surface area contributed by atoms with Crippen molar-refractivity contribution in [3.63, 3.8) is 0 Å². The second kappa shape index (κ2) is 6.39. The molecule has 1 aliphatic heterocycles. The lowest BCUT2D eigenvalue weighted by atomic mass is 9.98. The maximum Gasteiger partial charge on any atom is 0.326 e. The van der Waals surface area contributed by atoms with Crippen molar-refractivity contribution in [2.75, 3.05) is 13.1 Å². The molecular formula is C11H17N3O7. The highest BCUT2D eigenvalue weighted by Gasteiger charge is 2.51. The molecule has 0 bridgehead atoms. The van der Waals surface area contributed by atoms with Gasteiger partial charge in [0.25, 0.3) is 0 Å². The van der Waals surface area contributed by atoms with Gasteiger partial charge in [0.2, 0.25) is 0 Å². The number of urea groups is 1. The summed E-state index contributed by atoms with van der Waals surface area (Å²) in [7, 11) is 0. The third-order valence-electron chi connectivity index (χ3n) is 3.20. The van der Waals surface area contributed by atoms with E-state index in [0.29, 0.717) is 0 Å². The third kappa shape index (κ3) is 4.05. The molecule has 2 atom stereocenters. The number of likely N-dealkylation sites (tertiary alicyclic amines) is 1. The van der Waals surface area contributed by atoms with Crippen LogP contribution in [-0.4, -0.2) is 68.8 Å². The summed E-state index contributed by atoms with van der Waals surface area (Å²) in [6, 6.07) is -2.10. The first kappa shape index (κ1) is 16.7. The molecule has 10 nitrogen and oxygen atoms in total. The van der Waals surface area contributed by atoms with Gasteiger partial charge in [0.15, 0.2) is 0 Å². The number of rotatable bonds is 6. The zero-order valence-corrected chi connectivity index (χ0v) is 11.1. The molecular weight excluding hydrogens is 286 g/mol. The molecule has 6 N–H and O–H groups in total. The summed E-state index contributed by atoms with van der Waals surface area (Å²) in [6.07, 6.45) is -0.349. The maximum absolute atomic E-state index is 11.9. The zero-order chi connectivity index (χ0) is 16.2. The predicted molar refractivity (Wildman–Crippen MR) is 67.6 cm³/mol. The quantitative estimate of drug-likeness (QED) is 0.369. The number of nitrogens with one attached hydrogen (secondary N) is 1. The van der Waals surface area contributed by atoms with Crippen molar-refractivity contribution in [1.82, 2.24) is 10.2 Å². The standard InChI is InChI=1S/C11H17N3O7/c12-11(9(19)20)4-6(8(17)18)14(5-11)10(21)13-3-1-2-7(15)16/h6H,1-5,12H2,(H,13,21)(H,15,16)(H,17,18)(H,19,20)/t6-,11+/m1/s1. The van der Waals surface area contributed by atoms with E-state index >= 15 is 0 Å². The Morgan fingerprint density at radius 2 is 1.86 bits per heavy atom. The lowest BCUT2D eigenvalue weighted by Gasteiger charge is -2.22. The average Bonchev–Trinajstić information content (AvgIpc) is 2.74. The molecule has 21 heavy (non-hydrogen) atoms. The Morgan fingerprint density at radius 1 is 1.24 bits per heavy atom. The molecule has 118 valence electrons. The molecule has 2 amide bonds. The zero-order valence-electron chi connectivity index (χ0n) is 11.1. The van der Waals surface area contributed by atoms with Crippen LogP contribution in [0.1, 0.15) is 19.3 Å². The van der Waals surface area contributed by atoms with E-state index in [1.807, 2.05) is 0 Å². The minimum Gasteiger partial charge on any atom is -0.481 e. The number of carboxylic acids is 3. The Kier molecular flexibility index (Phi) is 5.08. The Bertz CT molecular complexity index is 467. The summed E-state index contributed by atoms with van der Waals surface area (Å²) in [5.41, 5.74) is 3.79. The van der Waals surface area contributed by atoms with Gasteiger partial charge in [0.05, 0.1) is 6.54 Å². The number of nitrogens with two attached hydrogens (primary N) is 1. The molecule has 1 saturated heterocycles. The van der Waals surface area contributed by atoms with Crippen molar-refractivity contribution < 1.29 is 34.5 Å². The fourth-order valence-corrected chi connectivity index (χ4v) is 2.06. The number of carboxylic acid groups (broad SMARTS) is 3. The Morgan fingerprint density at radius 3 is 2.33 bits per heavy atom. The van der Waals surface area contributed by atoms with Crippen LogP contribution in [0.5, 0.6) is 0 Å². The van der Waals surface area contributed by atoms with Gasteiger partial charge in [-0.2, -0.15) is 0 Å². The van der Waals surface area contributed by atoms with Crippen molar-refractivity contribution >= 4 is 23.9 Å². The number of carbonyl (C=O) groups excluding carboxylic acids is 1. The van der Waals surface area contributed by atoms with Gasteiger partial charge in [-0.1, -0.05) is 0 Å². The number of carbonyl (C=O) groups is 4. The first-order valence-electron chi connectivity index (χ1n) is 6.19. The molecule has 0 aromatic heterocycles. The number of amides is 2. The minimum atomic E-state index is -1.80. The molecule has 0 saturated carbocycles. The number of nitrogens with zero attached hydrogens (tertiary/aromatic N) is 1. The van der Waals surface area contributed by atoms with E-state index in [9.17, 15) is 19.2 Å². The molecule has 0 radical (unpaired) electrons. The largest absolute Gasteiger partial charge is 0.481 e. The second-order valence-electron chi connectivity index (χ2n) is 4.88. The van der Waals surface area contributed by atoms with E-state index in [4.69, 9.17) is 21.1 Å². The highest BCUT2D eigenvalue weighted by Crippen LogP contribution is 2.25. The Balaban J connectivity index is 2.66. The van der Waals surface area contributed by atoms with E-state index in [0.717, 1.165) is 4.90 Å².